The van der Waals surface area contributed by atoms with Crippen LogP contribution in [-0.4, -0.2) is 29.4 Å². The number of nitrogens with zero attached hydrogens (tertiary/aromatic N) is 2. The van der Waals surface area contributed by atoms with Crippen molar-refractivity contribution in [3.8, 4) is 28.7 Å². The summed E-state index contributed by atoms with van der Waals surface area (Å²) in [5.41, 5.74) is 0.801. The van der Waals surface area contributed by atoms with Gasteiger partial charge in [-0.1, -0.05) is 27.7 Å². The fraction of sp³-hybridized carbons (Fsp3) is 0.176. The molecule has 0 aliphatic carbocycles. The maximum absolute atomic E-state index is 5.68. The van der Waals surface area contributed by atoms with Crippen LogP contribution >= 0.6 is 27.7 Å². The monoisotopic (exact) mass is 420 g/mol. The third-order valence-corrected chi connectivity index (χ3v) is 4.73. The zero-order valence-corrected chi connectivity index (χ0v) is 15.4. The fourth-order valence-electron chi connectivity index (χ4n) is 2.23. The van der Waals surface area contributed by atoms with E-state index in [1.807, 2.05) is 42.5 Å². The predicted octanol–water partition coefficient (Wildman–Crippen LogP) is 4.40. The number of ether oxygens (including phenoxy) is 3. The maximum atomic E-state index is 5.68. The standard InChI is InChI=1S/C17H13BrN2O4S/c18-12-2-4-13(5-3-12)21-7-8-25-17-20-19-16(24-17)11-1-6-14-15(9-11)23-10-22-14/h1-6,9H,7-8,10H2. The van der Waals surface area contributed by atoms with E-state index in [9.17, 15) is 0 Å². The van der Waals surface area contributed by atoms with Gasteiger partial charge < -0.3 is 18.6 Å². The fourth-order valence-corrected chi connectivity index (χ4v) is 3.08. The van der Waals surface area contributed by atoms with Crippen molar-refractivity contribution in [3.05, 3.63) is 46.9 Å². The van der Waals surface area contributed by atoms with Gasteiger partial charge in [0.15, 0.2) is 11.5 Å². The van der Waals surface area contributed by atoms with Crippen LogP contribution in [0.5, 0.6) is 17.2 Å². The van der Waals surface area contributed by atoms with Gasteiger partial charge in [-0.05, 0) is 42.5 Å². The number of fused-ring (bicyclic) bond motifs is 1. The number of hydrogen-bond acceptors (Lipinski definition) is 7. The molecule has 0 amide bonds. The molecule has 0 spiro atoms. The smallest absolute Gasteiger partial charge is 0.276 e. The number of halogens is 1. The Morgan fingerprint density at radius 3 is 2.76 bits per heavy atom. The molecule has 25 heavy (non-hydrogen) atoms. The molecule has 0 bridgehead atoms. The second-order valence-corrected chi connectivity index (χ2v) is 7.05. The molecule has 128 valence electrons. The van der Waals surface area contributed by atoms with Gasteiger partial charge >= 0.3 is 0 Å². The van der Waals surface area contributed by atoms with Crippen LogP contribution in [0, 0.1) is 0 Å². The van der Waals surface area contributed by atoms with Crippen molar-refractivity contribution in [1.82, 2.24) is 10.2 Å². The van der Waals surface area contributed by atoms with Crippen molar-refractivity contribution in [3.63, 3.8) is 0 Å². The lowest BCUT2D eigenvalue weighted by molar-refractivity contribution is 0.174. The molecular weight excluding hydrogens is 408 g/mol. The second-order valence-electron chi connectivity index (χ2n) is 5.09. The average Bonchev–Trinajstić information content (AvgIpc) is 3.29. The molecule has 0 unspecified atom stereocenters. The second kappa shape index (κ2) is 7.37. The normalized spacial score (nSPS) is 12.4. The molecule has 3 aromatic rings. The van der Waals surface area contributed by atoms with Crippen LogP contribution in [0.15, 0.2) is 56.6 Å². The summed E-state index contributed by atoms with van der Waals surface area (Å²) >= 11 is 4.85. The summed E-state index contributed by atoms with van der Waals surface area (Å²) in [6.07, 6.45) is 0. The van der Waals surface area contributed by atoms with E-state index < -0.39 is 0 Å². The van der Waals surface area contributed by atoms with Gasteiger partial charge in [-0.25, -0.2) is 0 Å². The molecule has 6 nitrogen and oxygen atoms in total. The van der Waals surface area contributed by atoms with Gasteiger partial charge in [-0.3, -0.25) is 0 Å². The van der Waals surface area contributed by atoms with Crippen molar-refractivity contribution < 1.29 is 18.6 Å². The van der Waals surface area contributed by atoms with Crippen molar-refractivity contribution >= 4 is 27.7 Å². The van der Waals surface area contributed by atoms with Crippen molar-refractivity contribution in [2.75, 3.05) is 19.2 Å². The zero-order valence-electron chi connectivity index (χ0n) is 13.0. The Morgan fingerprint density at radius 2 is 1.88 bits per heavy atom. The summed E-state index contributed by atoms with van der Waals surface area (Å²) in [6.45, 7) is 0.788. The van der Waals surface area contributed by atoms with Crippen molar-refractivity contribution in [2.24, 2.45) is 0 Å². The first-order chi connectivity index (χ1) is 12.3. The van der Waals surface area contributed by atoms with E-state index in [0.717, 1.165) is 21.5 Å². The van der Waals surface area contributed by atoms with Gasteiger partial charge in [-0.15, -0.1) is 10.2 Å². The Bertz CT molecular complexity index is 869. The van der Waals surface area contributed by atoms with Crippen LogP contribution in [-0.2, 0) is 0 Å². The molecule has 8 heteroatoms. The first-order valence-electron chi connectivity index (χ1n) is 7.53. The van der Waals surface area contributed by atoms with Crippen LogP contribution < -0.4 is 14.2 Å². The Labute approximate surface area is 156 Å². The topological polar surface area (TPSA) is 66.6 Å². The molecule has 0 radical (unpaired) electrons. The quantitative estimate of drug-likeness (QED) is 0.432. The summed E-state index contributed by atoms with van der Waals surface area (Å²) in [5.74, 6) is 3.40. The first-order valence-corrected chi connectivity index (χ1v) is 9.30. The molecule has 0 saturated carbocycles. The molecule has 0 N–H and O–H groups in total. The molecule has 0 saturated heterocycles. The molecule has 1 aliphatic rings. The van der Waals surface area contributed by atoms with E-state index >= 15 is 0 Å². The number of aromatic nitrogens is 2. The summed E-state index contributed by atoms with van der Waals surface area (Å²) in [6, 6.07) is 13.3. The summed E-state index contributed by atoms with van der Waals surface area (Å²) in [4.78, 5) is 0. The molecule has 0 fully saturated rings. The minimum Gasteiger partial charge on any atom is -0.493 e. The highest BCUT2D eigenvalue weighted by Crippen LogP contribution is 2.36. The van der Waals surface area contributed by atoms with Crippen LogP contribution in [0.4, 0.5) is 0 Å². The number of hydrogen-bond donors (Lipinski definition) is 0. The summed E-state index contributed by atoms with van der Waals surface area (Å²) < 4.78 is 23.0. The van der Waals surface area contributed by atoms with Crippen LogP contribution in [0.25, 0.3) is 11.5 Å². The molecular formula is C17H13BrN2O4S. The van der Waals surface area contributed by atoms with Crippen LogP contribution in [0.2, 0.25) is 0 Å². The van der Waals surface area contributed by atoms with E-state index in [0.29, 0.717) is 29.2 Å². The highest BCUT2D eigenvalue weighted by molar-refractivity contribution is 9.10. The molecule has 4 rings (SSSR count). The van der Waals surface area contributed by atoms with Crippen LogP contribution in [0.1, 0.15) is 0 Å². The lowest BCUT2D eigenvalue weighted by Crippen LogP contribution is -1.99. The van der Waals surface area contributed by atoms with Gasteiger partial charge in [0, 0.05) is 15.8 Å². The lowest BCUT2D eigenvalue weighted by atomic mass is 10.2. The molecule has 0 atom stereocenters. The van der Waals surface area contributed by atoms with Gasteiger partial charge in [0.2, 0.25) is 12.7 Å². The Morgan fingerprint density at radius 1 is 1.04 bits per heavy atom. The molecule has 1 aliphatic heterocycles. The van der Waals surface area contributed by atoms with Gasteiger partial charge in [0.1, 0.15) is 5.75 Å². The van der Waals surface area contributed by atoms with Gasteiger partial charge in [0.25, 0.3) is 5.22 Å². The van der Waals surface area contributed by atoms with Crippen molar-refractivity contribution in [2.45, 2.75) is 5.22 Å². The minimum absolute atomic E-state index is 0.238. The SMILES string of the molecule is Brc1ccc(OCCSc2nnc(-c3ccc4c(c3)OCO4)o2)cc1. The summed E-state index contributed by atoms with van der Waals surface area (Å²) in [5, 5.41) is 8.64. The van der Waals surface area contributed by atoms with E-state index in [2.05, 4.69) is 26.1 Å². The van der Waals surface area contributed by atoms with Gasteiger partial charge in [-0.2, -0.15) is 0 Å². The minimum atomic E-state index is 0.238. The van der Waals surface area contributed by atoms with E-state index in [4.69, 9.17) is 18.6 Å². The highest BCUT2D eigenvalue weighted by Gasteiger charge is 2.16. The first kappa shape index (κ1) is 16.3. The van der Waals surface area contributed by atoms with E-state index in [-0.39, 0.29) is 6.79 Å². The van der Waals surface area contributed by atoms with Crippen molar-refractivity contribution in [1.29, 1.82) is 0 Å². The number of benzene rings is 2. The largest absolute Gasteiger partial charge is 0.493 e. The Kier molecular flexibility index (Phi) is 4.80. The number of thioether (sulfide) groups is 1. The summed E-state index contributed by atoms with van der Waals surface area (Å²) in [7, 11) is 0. The molecule has 1 aromatic heterocycles. The van der Waals surface area contributed by atoms with Gasteiger partial charge in [0.05, 0.1) is 6.61 Å². The number of rotatable bonds is 6. The third-order valence-electron chi connectivity index (χ3n) is 3.42. The Balaban J connectivity index is 1.31. The maximum Gasteiger partial charge on any atom is 0.276 e. The zero-order chi connectivity index (χ0) is 17.1. The molecule has 2 aromatic carbocycles. The van der Waals surface area contributed by atoms with E-state index in [1.54, 1.807) is 0 Å². The van der Waals surface area contributed by atoms with E-state index in [1.165, 1.54) is 11.8 Å². The third kappa shape index (κ3) is 3.91. The average molecular weight is 421 g/mol. The highest BCUT2D eigenvalue weighted by atomic mass is 79.9. The predicted molar refractivity (Wildman–Crippen MR) is 96.2 cm³/mol. The Hall–Kier alpha value is -2.19. The lowest BCUT2D eigenvalue weighted by Gasteiger charge is -2.04. The van der Waals surface area contributed by atoms with Crippen LogP contribution in [0.3, 0.4) is 0 Å². The molecule has 2 heterocycles.